The molecule has 0 atom stereocenters. The van der Waals surface area contributed by atoms with Crippen LogP contribution in [0, 0.1) is 0 Å². The summed E-state index contributed by atoms with van der Waals surface area (Å²) in [4.78, 5) is 22.5. The second-order valence-electron chi connectivity index (χ2n) is 2.44. The van der Waals surface area contributed by atoms with E-state index in [-0.39, 0.29) is 11.7 Å². The van der Waals surface area contributed by atoms with Crippen molar-refractivity contribution in [3.05, 3.63) is 16.3 Å². The van der Waals surface area contributed by atoms with E-state index in [1.165, 1.54) is 18.3 Å². The fraction of sp³-hybridized carbons (Fsp3) is 0.250. The van der Waals surface area contributed by atoms with Crippen molar-refractivity contribution in [2.45, 2.75) is 6.92 Å². The lowest BCUT2D eigenvalue weighted by Crippen LogP contribution is -2.04. The van der Waals surface area contributed by atoms with Gasteiger partial charge in [-0.25, -0.2) is 0 Å². The molecule has 70 valence electrons. The van der Waals surface area contributed by atoms with Crippen LogP contribution in [0.25, 0.3) is 0 Å². The van der Waals surface area contributed by atoms with E-state index in [4.69, 9.17) is 0 Å². The Morgan fingerprint density at radius 1 is 1.62 bits per heavy atom. The summed E-state index contributed by atoms with van der Waals surface area (Å²) in [7, 11) is 0. The van der Waals surface area contributed by atoms with Gasteiger partial charge in [0, 0.05) is 12.3 Å². The van der Waals surface area contributed by atoms with Crippen molar-refractivity contribution in [3.63, 3.8) is 0 Å². The first kappa shape index (κ1) is 10.4. The Morgan fingerprint density at radius 2 is 2.31 bits per heavy atom. The molecule has 0 aromatic carbocycles. The van der Waals surface area contributed by atoms with Crippen LogP contribution in [0.1, 0.15) is 16.6 Å². The number of rotatable bonds is 3. The lowest BCUT2D eigenvalue weighted by molar-refractivity contribution is -0.114. The summed E-state index contributed by atoms with van der Waals surface area (Å²) in [5, 5.41) is 4.67. The Labute approximate surface area is 88.3 Å². The van der Waals surface area contributed by atoms with Gasteiger partial charge in [0.15, 0.2) is 5.78 Å². The minimum atomic E-state index is -0.129. The van der Waals surface area contributed by atoms with Gasteiger partial charge in [0.1, 0.15) is 0 Å². The van der Waals surface area contributed by atoms with Crippen LogP contribution in [0.15, 0.2) is 11.4 Å². The Hall–Kier alpha value is -0.680. The molecule has 5 heteroatoms. The van der Waals surface area contributed by atoms with Gasteiger partial charge in [0.25, 0.3) is 0 Å². The van der Waals surface area contributed by atoms with Crippen LogP contribution < -0.4 is 5.32 Å². The molecule has 1 amide bonds. The molecule has 0 saturated carbocycles. The second-order valence-corrected chi connectivity index (χ2v) is 3.91. The second kappa shape index (κ2) is 4.53. The highest BCUT2D eigenvalue weighted by molar-refractivity contribution is 9.09. The number of amides is 1. The third-order valence-electron chi connectivity index (χ3n) is 1.32. The molecule has 0 spiro atoms. The molecule has 0 aliphatic rings. The average Bonchev–Trinajstić information content (AvgIpc) is 2.50. The number of halogens is 1. The van der Waals surface area contributed by atoms with Gasteiger partial charge >= 0.3 is 0 Å². The molecular formula is C8H8BrNO2S. The van der Waals surface area contributed by atoms with Gasteiger partial charge in [0.05, 0.1) is 15.9 Å². The topological polar surface area (TPSA) is 46.2 Å². The predicted molar refractivity (Wildman–Crippen MR) is 56.7 cm³/mol. The number of ketones is 1. The molecule has 1 rings (SSSR count). The SMILES string of the molecule is CC(=O)Nc1csc(C(=O)CBr)c1. The largest absolute Gasteiger partial charge is 0.326 e. The maximum absolute atomic E-state index is 11.2. The van der Waals surface area contributed by atoms with Crippen LogP contribution in [0.4, 0.5) is 5.69 Å². The Balaban J connectivity index is 2.74. The van der Waals surface area contributed by atoms with Crippen molar-refractivity contribution in [1.82, 2.24) is 0 Å². The summed E-state index contributed by atoms with van der Waals surface area (Å²) in [6.07, 6.45) is 0. The molecule has 0 radical (unpaired) electrons. The summed E-state index contributed by atoms with van der Waals surface area (Å²) in [6.45, 7) is 1.43. The van der Waals surface area contributed by atoms with E-state index < -0.39 is 0 Å². The molecule has 1 N–H and O–H groups in total. The van der Waals surface area contributed by atoms with Crippen molar-refractivity contribution < 1.29 is 9.59 Å². The van der Waals surface area contributed by atoms with E-state index in [9.17, 15) is 9.59 Å². The van der Waals surface area contributed by atoms with Crippen molar-refractivity contribution in [2.75, 3.05) is 10.6 Å². The zero-order chi connectivity index (χ0) is 9.84. The van der Waals surface area contributed by atoms with Crippen LogP contribution in [0.5, 0.6) is 0 Å². The standard InChI is InChI=1S/C8H8BrNO2S/c1-5(11)10-6-2-8(13-4-6)7(12)3-9/h2,4H,3H2,1H3,(H,10,11). The van der Waals surface area contributed by atoms with Gasteiger partial charge in [-0.05, 0) is 6.07 Å². The van der Waals surface area contributed by atoms with Gasteiger partial charge in [-0.2, -0.15) is 0 Å². The zero-order valence-corrected chi connectivity index (χ0v) is 9.37. The molecule has 3 nitrogen and oxygen atoms in total. The van der Waals surface area contributed by atoms with Crippen LogP contribution in [-0.2, 0) is 4.79 Å². The molecule has 0 saturated heterocycles. The Bertz CT molecular complexity index is 335. The van der Waals surface area contributed by atoms with Crippen LogP contribution >= 0.6 is 27.3 Å². The molecule has 1 aromatic rings. The number of thiophene rings is 1. The number of nitrogens with one attached hydrogen (secondary N) is 1. The molecule has 0 fully saturated rings. The summed E-state index contributed by atoms with van der Waals surface area (Å²) in [6, 6.07) is 1.68. The molecule has 0 aliphatic heterocycles. The van der Waals surface area contributed by atoms with Gasteiger partial charge < -0.3 is 5.32 Å². The van der Waals surface area contributed by atoms with Crippen molar-refractivity contribution >= 4 is 44.6 Å². The molecule has 13 heavy (non-hydrogen) atoms. The lowest BCUT2D eigenvalue weighted by Gasteiger charge is -1.94. The van der Waals surface area contributed by atoms with Gasteiger partial charge in [-0.15, -0.1) is 11.3 Å². The van der Waals surface area contributed by atoms with Crippen LogP contribution in [0.2, 0.25) is 0 Å². The first-order valence-corrected chi connectivity index (χ1v) is 5.59. The van der Waals surface area contributed by atoms with Crippen molar-refractivity contribution in [3.8, 4) is 0 Å². The smallest absolute Gasteiger partial charge is 0.221 e. The molecule has 0 bridgehead atoms. The Morgan fingerprint density at radius 3 is 2.85 bits per heavy atom. The van der Waals surface area contributed by atoms with Crippen molar-refractivity contribution in [2.24, 2.45) is 0 Å². The molecule has 1 aromatic heterocycles. The van der Waals surface area contributed by atoms with Gasteiger partial charge in [0.2, 0.25) is 5.91 Å². The zero-order valence-electron chi connectivity index (χ0n) is 6.96. The summed E-state index contributed by atoms with van der Waals surface area (Å²) in [5.74, 6) is -0.0998. The maximum atomic E-state index is 11.2. The van der Waals surface area contributed by atoms with E-state index >= 15 is 0 Å². The van der Waals surface area contributed by atoms with Crippen molar-refractivity contribution in [1.29, 1.82) is 0 Å². The fourth-order valence-corrected chi connectivity index (χ4v) is 2.08. The number of Topliss-reactive ketones (excluding diaryl/α,β-unsaturated/α-hetero) is 1. The first-order chi connectivity index (χ1) is 6.13. The maximum Gasteiger partial charge on any atom is 0.221 e. The minimum Gasteiger partial charge on any atom is -0.326 e. The normalized spacial score (nSPS) is 9.69. The van der Waals surface area contributed by atoms with E-state index in [1.54, 1.807) is 11.4 Å². The fourth-order valence-electron chi connectivity index (χ4n) is 0.817. The van der Waals surface area contributed by atoms with E-state index in [2.05, 4.69) is 21.2 Å². The number of carbonyl (C=O) groups is 2. The highest BCUT2D eigenvalue weighted by Gasteiger charge is 2.07. The lowest BCUT2D eigenvalue weighted by atomic mass is 10.3. The average molecular weight is 262 g/mol. The third kappa shape index (κ3) is 2.93. The molecule has 0 aliphatic carbocycles. The van der Waals surface area contributed by atoms with Gasteiger partial charge in [-0.3, -0.25) is 9.59 Å². The van der Waals surface area contributed by atoms with E-state index in [0.717, 1.165) is 0 Å². The van der Waals surface area contributed by atoms with E-state index in [1.807, 2.05) is 0 Å². The number of hydrogen-bond donors (Lipinski definition) is 1. The van der Waals surface area contributed by atoms with Crippen LogP contribution in [0.3, 0.4) is 0 Å². The Kier molecular flexibility index (Phi) is 3.62. The minimum absolute atomic E-state index is 0.0293. The molecule has 1 heterocycles. The van der Waals surface area contributed by atoms with E-state index in [0.29, 0.717) is 15.9 Å². The highest BCUT2D eigenvalue weighted by atomic mass is 79.9. The first-order valence-electron chi connectivity index (χ1n) is 3.58. The van der Waals surface area contributed by atoms with Gasteiger partial charge in [-0.1, -0.05) is 15.9 Å². The quantitative estimate of drug-likeness (QED) is 0.671. The highest BCUT2D eigenvalue weighted by Crippen LogP contribution is 2.20. The third-order valence-corrected chi connectivity index (χ3v) is 2.80. The number of carbonyl (C=O) groups excluding carboxylic acids is 2. The number of hydrogen-bond acceptors (Lipinski definition) is 3. The summed E-state index contributed by atoms with van der Waals surface area (Å²) < 4.78 is 0. The monoisotopic (exact) mass is 261 g/mol. The number of alkyl halides is 1. The predicted octanol–water partition coefficient (Wildman–Crippen LogP) is 2.28. The summed E-state index contributed by atoms with van der Waals surface area (Å²) >= 11 is 4.41. The van der Waals surface area contributed by atoms with Crippen LogP contribution in [-0.4, -0.2) is 17.0 Å². The molecular weight excluding hydrogens is 254 g/mol. The molecule has 0 unspecified atom stereocenters. The summed E-state index contributed by atoms with van der Waals surface area (Å²) in [5.41, 5.74) is 0.682. The number of anilines is 1.